The molecule has 4 heteroatoms. The Morgan fingerprint density at radius 2 is 1.71 bits per heavy atom. The predicted molar refractivity (Wildman–Crippen MR) is 102 cm³/mol. The maximum absolute atomic E-state index is 12.3. The molecular weight excluding hydrogens is 320 g/mol. The highest BCUT2D eigenvalue weighted by Gasteiger charge is 2.15. The summed E-state index contributed by atoms with van der Waals surface area (Å²) in [6.07, 6.45) is 0. The summed E-state index contributed by atoms with van der Waals surface area (Å²) < 4.78 is 0. The van der Waals surface area contributed by atoms with Crippen LogP contribution in [0.25, 0.3) is 0 Å². The average Bonchev–Trinajstić information content (AvgIpc) is 2.53. The molecule has 0 radical (unpaired) electrons. The maximum Gasteiger partial charge on any atom is 0.241 e. The molecule has 0 aliphatic heterocycles. The van der Waals surface area contributed by atoms with E-state index in [1.807, 2.05) is 43.3 Å². The zero-order valence-electron chi connectivity index (χ0n) is 14.7. The molecule has 2 N–H and O–H groups in total. The molecule has 1 amide bonds. The topological polar surface area (TPSA) is 41.1 Å². The van der Waals surface area contributed by atoms with Crippen LogP contribution < -0.4 is 10.6 Å². The number of nitrogens with one attached hydrogen (secondary N) is 2. The van der Waals surface area contributed by atoms with Crippen LogP contribution in [0.3, 0.4) is 0 Å². The van der Waals surface area contributed by atoms with Crippen LogP contribution in [0.2, 0.25) is 5.02 Å². The highest BCUT2D eigenvalue weighted by Crippen LogP contribution is 2.23. The van der Waals surface area contributed by atoms with E-state index in [-0.39, 0.29) is 17.4 Å². The number of rotatable bonds is 5. The molecule has 24 heavy (non-hydrogen) atoms. The molecule has 1 atom stereocenters. The first kappa shape index (κ1) is 18.5. The molecule has 128 valence electrons. The lowest BCUT2D eigenvalue weighted by molar-refractivity contribution is -0.117. The van der Waals surface area contributed by atoms with Gasteiger partial charge in [0.1, 0.15) is 0 Å². The third-order valence-electron chi connectivity index (χ3n) is 3.97. The van der Waals surface area contributed by atoms with Crippen molar-refractivity contribution in [2.45, 2.75) is 45.7 Å². The number of carbonyl (C=O) groups is 1. The van der Waals surface area contributed by atoms with Gasteiger partial charge in [-0.15, -0.1) is 0 Å². The van der Waals surface area contributed by atoms with Gasteiger partial charge in [-0.1, -0.05) is 62.7 Å². The van der Waals surface area contributed by atoms with Crippen LogP contribution in [0.15, 0.2) is 48.5 Å². The van der Waals surface area contributed by atoms with Crippen molar-refractivity contribution in [3.8, 4) is 0 Å². The summed E-state index contributed by atoms with van der Waals surface area (Å²) in [4.78, 5) is 12.3. The van der Waals surface area contributed by atoms with E-state index in [0.717, 1.165) is 11.3 Å². The number of carbonyl (C=O) groups excluding carboxylic acids is 1. The molecule has 0 fully saturated rings. The lowest BCUT2D eigenvalue weighted by Crippen LogP contribution is -2.37. The second-order valence-electron chi connectivity index (χ2n) is 7.01. The molecule has 2 rings (SSSR count). The molecule has 0 spiro atoms. The van der Waals surface area contributed by atoms with Crippen molar-refractivity contribution in [1.29, 1.82) is 0 Å². The molecule has 1 unspecified atom stereocenters. The van der Waals surface area contributed by atoms with E-state index in [0.29, 0.717) is 11.6 Å². The van der Waals surface area contributed by atoms with Gasteiger partial charge in [-0.3, -0.25) is 4.79 Å². The largest absolute Gasteiger partial charge is 0.325 e. The van der Waals surface area contributed by atoms with Crippen molar-refractivity contribution in [2.24, 2.45) is 0 Å². The summed E-state index contributed by atoms with van der Waals surface area (Å²) >= 11 is 6.13. The van der Waals surface area contributed by atoms with Gasteiger partial charge in [0.05, 0.1) is 6.04 Å². The van der Waals surface area contributed by atoms with Gasteiger partial charge in [-0.2, -0.15) is 0 Å². The Kier molecular flexibility index (Phi) is 6.03. The summed E-state index contributed by atoms with van der Waals surface area (Å²) in [5.74, 6) is -0.0643. The van der Waals surface area contributed by atoms with Gasteiger partial charge in [0.15, 0.2) is 0 Å². The molecule has 0 aromatic heterocycles. The number of benzene rings is 2. The van der Waals surface area contributed by atoms with E-state index in [1.165, 1.54) is 5.56 Å². The number of amides is 1. The fraction of sp³-hybridized carbons (Fsp3) is 0.350. The van der Waals surface area contributed by atoms with Gasteiger partial charge in [-0.05, 0) is 41.7 Å². The van der Waals surface area contributed by atoms with Crippen molar-refractivity contribution in [3.63, 3.8) is 0 Å². The van der Waals surface area contributed by atoms with Crippen molar-refractivity contribution in [2.75, 3.05) is 5.32 Å². The van der Waals surface area contributed by atoms with Gasteiger partial charge in [0.2, 0.25) is 5.91 Å². The quantitative estimate of drug-likeness (QED) is 0.821. The van der Waals surface area contributed by atoms with Gasteiger partial charge >= 0.3 is 0 Å². The Bertz CT molecular complexity index is 690. The molecule has 0 heterocycles. The van der Waals surface area contributed by atoms with Crippen LogP contribution in [0.4, 0.5) is 5.69 Å². The SMILES string of the molecule is CC(NCc1ccccc1Cl)C(=O)Nc1ccc(C(C)(C)C)cc1. The zero-order valence-corrected chi connectivity index (χ0v) is 15.4. The van der Waals surface area contributed by atoms with Crippen LogP contribution in [0.5, 0.6) is 0 Å². The molecule has 2 aromatic rings. The summed E-state index contributed by atoms with van der Waals surface area (Å²) in [5.41, 5.74) is 3.13. The van der Waals surface area contributed by atoms with Crippen LogP contribution >= 0.6 is 11.6 Å². The molecule has 3 nitrogen and oxygen atoms in total. The molecule has 2 aromatic carbocycles. The van der Waals surface area contributed by atoms with Crippen LogP contribution in [-0.4, -0.2) is 11.9 Å². The number of anilines is 1. The van der Waals surface area contributed by atoms with Crippen molar-refractivity contribution in [3.05, 3.63) is 64.7 Å². The second-order valence-corrected chi connectivity index (χ2v) is 7.42. The highest BCUT2D eigenvalue weighted by molar-refractivity contribution is 6.31. The van der Waals surface area contributed by atoms with Crippen LogP contribution in [0.1, 0.15) is 38.8 Å². The molecule has 0 aliphatic rings. The van der Waals surface area contributed by atoms with Gasteiger partial charge in [-0.25, -0.2) is 0 Å². The Morgan fingerprint density at radius 1 is 1.08 bits per heavy atom. The summed E-state index contributed by atoms with van der Waals surface area (Å²) in [7, 11) is 0. The lowest BCUT2D eigenvalue weighted by Gasteiger charge is -2.19. The number of hydrogen-bond donors (Lipinski definition) is 2. The first-order chi connectivity index (χ1) is 11.3. The smallest absolute Gasteiger partial charge is 0.241 e. The normalized spacial score (nSPS) is 12.7. The van der Waals surface area contributed by atoms with E-state index in [9.17, 15) is 4.79 Å². The van der Waals surface area contributed by atoms with E-state index in [4.69, 9.17) is 11.6 Å². The third kappa shape index (κ3) is 5.08. The minimum Gasteiger partial charge on any atom is -0.325 e. The predicted octanol–water partition coefficient (Wildman–Crippen LogP) is 4.75. The molecule has 0 bridgehead atoms. The van der Waals surface area contributed by atoms with E-state index in [1.54, 1.807) is 0 Å². The Balaban J connectivity index is 1.91. The monoisotopic (exact) mass is 344 g/mol. The summed E-state index contributed by atoms with van der Waals surface area (Å²) in [6.45, 7) is 8.90. The van der Waals surface area contributed by atoms with Crippen molar-refractivity contribution >= 4 is 23.2 Å². The van der Waals surface area contributed by atoms with Crippen LogP contribution in [0, 0.1) is 0 Å². The minimum absolute atomic E-state index is 0.0643. The maximum atomic E-state index is 12.3. The van der Waals surface area contributed by atoms with Gasteiger partial charge < -0.3 is 10.6 Å². The first-order valence-electron chi connectivity index (χ1n) is 8.15. The van der Waals surface area contributed by atoms with Gasteiger partial charge in [0, 0.05) is 17.3 Å². The first-order valence-corrected chi connectivity index (χ1v) is 8.53. The van der Waals surface area contributed by atoms with E-state index < -0.39 is 0 Å². The molecule has 0 saturated heterocycles. The fourth-order valence-corrected chi connectivity index (χ4v) is 2.50. The fourth-order valence-electron chi connectivity index (χ4n) is 2.30. The molecular formula is C20H25ClN2O. The van der Waals surface area contributed by atoms with Crippen molar-refractivity contribution < 1.29 is 4.79 Å². The van der Waals surface area contributed by atoms with E-state index in [2.05, 4.69) is 43.5 Å². The summed E-state index contributed by atoms with van der Waals surface area (Å²) in [5, 5.41) is 6.84. The standard InChI is InChI=1S/C20H25ClN2O/c1-14(22-13-15-7-5-6-8-18(15)21)19(24)23-17-11-9-16(10-12-17)20(2,3)4/h5-12,14,22H,13H2,1-4H3,(H,23,24). The Morgan fingerprint density at radius 3 is 2.29 bits per heavy atom. The highest BCUT2D eigenvalue weighted by atomic mass is 35.5. The van der Waals surface area contributed by atoms with E-state index >= 15 is 0 Å². The lowest BCUT2D eigenvalue weighted by atomic mass is 9.87. The second kappa shape index (κ2) is 7.82. The Labute approximate surface area is 149 Å². The average molecular weight is 345 g/mol. The van der Waals surface area contributed by atoms with Crippen molar-refractivity contribution in [1.82, 2.24) is 5.32 Å². The van der Waals surface area contributed by atoms with Gasteiger partial charge in [0.25, 0.3) is 0 Å². The van der Waals surface area contributed by atoms with Crippen LogP contribution in [-0.2, 0) is 16.8 Å². The number of halogens is 1. The Hall–Kier alpha value is -1.84. The molecule has 0 aliphatic carbocycles. The third-order valence-corrected chi connectivity index (χ3v) is 4.34. The number of hydrogen-bond acceptors (Lipinski definition) is 2. The molecule has 0 saturated carbocycles. The zero-order chi connectivity index (χ0) is 17.7. The minimum atomic E-state index is -0.316. The summed E-state index contributed by atoms with van der Waals surface area (Å²) in [6, 6.07) is 15.3.